The zero-order valence-corrected chi connectivity index (χ0v) is 21.1. The molecule has 0 unspecified atom stereocenters. The summed E-state index contributed by atoms with van der Waals surface area (Å²) in [6.45, 7) is 13.8. The topological polar surface area (TPSA) is 57.5 Å². The molecule has 2 aromatic heterocycles. The van der Waals surface area contributed by atoms with Gasteiger partial charge in [-0.25, -0.2) is 9.50 Å². The molecule has 4 aromatic rings. The fraction of sp³-hybridized carbons (Fsp3) is 0.310. The van der Waals surface area contributed by atoms with Gasteiger partial charge in [0, 0.05) is 48.5 Å². The summed E-state index contributed by atoms with van der Waals surface area (Å²) in [6.07, 6.45) is 7.16. The number of anilines is 3. The molecule has 0 fully saturated rings. The summed E-state index contributed by atoms with van der Waals surface area (Å²) >= 11 is 0. The molecule has 4 rings (SSSR count). The highest BCUT2D eigenvalue weighted by Gasteiger charge is 2.11. The first-order chi connectivity index (χ1) is 17.1. The normalized spacial score (nSPS) is 10.9. The fourth-order valence-electron chi connectivity index (χ4n) is 4.21. The molecule has 0 saturated carbocycles. The van der Waals surface area contributed by atoms with Crippen LogP contribution in [0.5, 0.6) is 0 Å². The molecule has 2 aromatic carbocycles. The summed E-state index contributed by atoms with van der Waals surface area (Å²) < 4.78 is 1.81. The number of rotatable bonds is 12. The van der Waals surface area contributed by atoms with E-state index >= 15 is 0 Å². The second-order valence-electron chi connectivity index (χ2n) is 8.78. The molecular weight excluding hydrogens is 432 g/mol. The molecule has 0 aliphatic rings. The lowest BCUT2D eigenvalue weighted by Crippen LogP contribution is -2.24. The molecule has 0 radical (unpaired) electrons. The largest absolute Gasteiger partial charge is 0.385 e. The number of fused-ring (bicyclic) bond motifs is 1. The lowest BCUT2D eigenvalue weighted by molar-refractivity contribution is 0.745. The summed E-state index contributed by atoms with van der Waals surface area (Å²) in [6, 6.07) is 18.9. The second kappa shape index (κ2) is 11.6. The van der Waals surface area contributed by atoms with Gasteiger partial charge in [-0.15, -0.1) is 0 Å². The van der Waals surface area contributed by atoms with Crippen LogP contribution in [0, 0.1) is 0 Å². The summed E-state index contributed by atoms with van der Waals surface area (Å²) in [5.41, 5.74) is 7.15. The van der Waals surface area contributed by atoms with Gasteiger partial charge in [-0.05, 0) is 66.8 Å². The SMILES string of the molecule is C=C(NCCC)c1cccc(-c2cnn3ccc(Nc4ccc(N(CCC)CCC)cc4)nc23)c1. The Morgan fingerprint density at radius 1 is 0.971 bits per heavy atom. The maximum Gasteiger partial charge on any atom is 0.165 e. The second-order valence-corrected chi connectivity index (χ2v) is 8.78. The summed E-state index contributed by atoms with van der Waals surface area (Å²) in [5, 5.41) is 11.3. The van der Waals surface area contributed by atoms with Crippen LogP contribution in [-0.4, -0.2) is 34.2 Å². The standard InChI is InChI=1S/C29H36N6/c1-5-16-30-22(4)23-9-8-10-24(20-23)27-21-31-35-19-15-28(33-29(27)35)32-25-11-13-26(14-12-25)34(17-6-2)18-7-3/h8-15,19-21,30H,4-7,16-18H2,1-3H3,(H,32,33). The van der Waals surface area contributed by atoms with E-state index in [1.165, 1.54) is 5.69 Å². The minimum absolute atomic E-state index is 0.788. The molecule has 0 saturated heterocycles. The van der Waals surface area contributed by atoms with Gasteiger partial charge in [0.15, 0.2) is 5.65 Å². The van der Waals surface area contributed by atoms with Crippen molar-refractivity contribution in [3.8, 4) is 11.1 Å². The van der Waals surface area contributed by atoms with Crippen molar-refractivity contribution in [2.45, 2.75) is 40.0 Å². The van der Waals surface area contributed by atoms with Gasteiger partial charge in [0.1, 0.15) is 5.82 Å². The molecule has 0 spiro atoms. The Kier molecular flexibility index (Phi) is 8.03. The van der Waals surface area contributed by atoms with Crippen molar-refractivity contribution < 1.29 is 0 Å². The van der Waals surface area contributed by atoms with Gasteiger partial charge in [-0.2, -0.15) is 5.10 Å². The molecule has 35 heavy (non-hydrogen) atoms. The van der Waals surface area contributed by atoms with Crippen LogP contribution in [0.2, 0.25) is 0 Å². The van der Waals surface area contributed by atoms with Crippen molar-refractivity contribution in [3.05, 3.63) is 79.1 Å². The van der Waals surface area contributed by atoms with Crippen molar-refractivity contribution in [1.29, 1.82) is 0 Å². The number of nitrogens with zero attached hydrogens (tertiary/aromatic N) is 4. The minimum Gasteiger partial charge on any atom is -0.385 e. The van der Waals surface area contributed by atoms with Crippen LogP contribution in [0.15, 0.2) is 73.6 Å². The van der Waals surface area contributed by atoms with E-state index in [1.54, 1.807) is 0 Å². The van der Waals surface area contributed by atoms with E-state index in [2.05, 4.69) is 96.5 Å². The van der Waals surface area contributed by atoms with Crippen molar-refractivity contribution in [2.75, 3.05) is 29.9 Å². The van der Waals surface area contributed by atoms with E-state index in [9.17, 15) is 0 Å². The zero-order valence-electron chi connectivity index (χ0n) is 21.1. The summed E-state index contributed by atoms with van der Waals surface area (Å²) in [4.78, 5) is 7.33. The maximum atomic E-state index is 4.89. The molecule has 0 atom stereocenters. The fourth-order valence-corrected chi connectivity index (χ4v) is 4.21. The molecule has 6 nitrogen and oxygen atoms in total. The van der Waals surface area contributed by atoms with Gasteiger partial charge in [0.2, 0.25) is 0 Å². The Morgan fingerprint density at radius 2 is 1.74 bits per heavy atom. The molecule has 182 valence electrons. The van der Waals surface area contributed by atoms with Crippen LogP contribution < -0.4 is 15.5 Å². The Labute approximate surface area is 208 Å². The monoisotopic (exact) mass is 468 g/mol. The van der Waals surface area contributed by atoms with Gasteiger partial charge in [0.25, 0.3) is 0 Å². The third kappa shape index (κ3) is 5.83. The van der Waals surface area contributed by atoms with Crippen LogP contribution in [0.1, 0.15) is 45.6 Å². The van der Waals surface area contributed by atoms with Crippen molar-refractivity contribution in [1.82, 2.24) is 19.9 Å². The van der Waals surface area contributed by atoms with E-state index in [-0.39, 0.29) is 0 Å². The first-order valence-corrected chi connectivity index (χ1v) is 12.6. The smallest absolute Gasteiger partial charge is 0.165 e. The predicted molar refractivity (Wildman–Crippen MR) is 148 cm³/mol. The Hall–Kier alpha value is -3.80. The van der Waals surface area contributed by atoms with E-state index in [4.69, 9.17) is 4.98 Å². The molecule has 2 heterocycles. The average Bonchev–Trinajstić information content (AvgIpc) is 3.31. The Morgan fingerprint density at radius 3 is 2.46 bits per heavy atom. The van der Waals surface area contributed by atoms with Crippen LogP contribution in [0.25, 0.3) is 22.5 Å². The van der Waals surface area contributed by atoms with Crippen LogP contribution in [0.4, 0.5) is 17.2 Å². The van der Waals surface area contributed by atoms with Gasteiger partial charge in [0.05, 0.1) is 6.20 Å². The number of hydrogen-bond donors (Lipinski definition) is 2. The number of nitrogens with one attached hydrogen (secondary N) is 2. The highest BCUT2D eigenvalue weighted by Crippen LogP contribution is 2.27. The van der Waals surface area contributed by atoms with Gasteiger partial charge >= 0.3 is 0 Å². The van der Waals surface area contributed by atoms with Gasteiger partial charge < -0.3 is 15.5 Å². The third-order valence-electron chi connectivity index (χ3n) is 5.97. The van der Waals surface area contributed by atoms with E-state index in [0.29, 0.717) is 0 Å². The zero-order chi connectivity index (χ0) is 24.6. The van der Waals surface area contributed by atoms with Crippen molar-refractivity contribution >= 4 is 28.5 Å². The van der Waals surface area contributed by atoms with Crippen LogP contribution >= 0.6 is 0 Å². The highest BCUT2D eigenvalue weighted by atomic mass is 15.2. The third-order valence-corrected chi connectivity index (χ3v) is 5.97. The number of hydrogen-bond acceptors (Lipinski definition) is 5. The summed E-state index contributed by atoms with van der Waals surface area (Å²) in [7, 11) is 0. The first-order valence-electron chi connectivity index (χ1n) is 12.6. The molecular formula is C29H36N6. The van der Waals surface area contributed by atoms with Crippen LogP contribution in [0.3, 0.4) is 0 Å². The number of benzene rings is 2. The highest BCUT2D eigenvalue weighted by molar-refractivity contribution is 5.80. The molecule has 0 bridgehead atoms. The quantitative estimate of drug-likeness (QED) is 0.241. The lowest BCUT2D eigenvalue weighted by Gasteiger charge is -2.24. The molecule has 0 aliphatic heterocycles. The van der Waals surface area contributed by atoms with E-state index in [1.807, 2.05) is 23.0 Å². The maximum absolute atomic E-state index is 4.89. The Bertz CT molecular complexity index is 1250. The van der Waals surface area contributed by atoms with Crippen LogP contribution in [-0.2, 0) is 0 Å². The average molecular weight is 469 g/mol. The first kappa shape index (κ1) is 24.3. The Balaban J connectivity index is 1.56. The number of aromatic nitrogens is 3. The van der Waals surface area contributed by atoms with Gasteiger partial charge in [-0.3, -0.25) is 0 Å². The van der Waals surface area contributed by atoms with Crippen molar-refractivity contribution in [3.63, 3.8) is 0 Å². The molecule has 2 N–H and O–H groups in total. The predicted octanol–water partition coefficient (Wildman–Crippen LogP) is 6.74. The van der Waals surface area contributed by atoms with E-state index < -0.39 is 0 Å². The van der Waals surface area contributed by atoms with Crippen molar-refractivity contribution in [2.24, 2.45) is 0 Å². The van der Waals surface area contributed by atoms with Gasteiger partial charge in [-0.1, -0.05) is 45.5 Å². The molecule has 0 aliphatic carbocycles. The molecule has 0 amide bonds. The minimum atomic E-state index is 0.788. The van der Waals surface area contributed by atoms with E-state index in [0.717, 1.165) is 78.4 Å². The summed E-state index contributed by atoms with van der Waals surface area (Å²) in [5.74, 6) is 0.788. The lowest BCUT2D eigenvalue weighted by atomic mass is 10.0. The molecule has 6 heteroatoms.